The van der Waals surface area contributed by atoms with Gasteiger partial charge in [0, 0.05) is 15.6 Å². The van der Waals surface area contributed by atoms with Gasteiger partial charge in [-0.25, -0.2) is 0 Å². The zero-order valence-corrected chi connectivity index (χ0v) is 17.4. The minimum atomic E-state index is -0.236. The number of benzene rings is 2. The Balaban J connectivity index is 1.23. The fourth-order valence-corrected chi connectivity index (χ4v) is 5.04. The van der Waals surface area contributed by atoms with Gasteiger partial charge in [-0.15, -0.1) is 0 Å². The van der Waals surface area contributed by atoms with Gasteiger partial charge >= 0.3 is 0 Å². The molecule has 2 aromatic rings. The number of hydrogen-bond acceptors (Lipinski definition) is 4. The zero-order chi connectivity index (χ0) is 20.8. The lowest BCUT2D eigenvalue weighted by molar-refractivity contribution is -0.140. The Hall–Kier alpha value is -2.63. The van der Waals surface area contributed by atoms with E-state index in [-0.39, 0.29) is 35.5 Å². The lowest BCUT2D eigenvalue weighted by atomic mass is 9.85. The number of fused-ring (bicyclic) bond motifs is 5. The molecule has 4 atom stereocenters. The first-order valence-electron chi connectivity index (χ1n) is 9.78. The molecule has 1 saturated carbocycles. The first-order chi connectivity index (χ1) is 14.5. The van der Waals surface area contributed by atoms with Crippen LogP contribution in [-0.4, -0.2) is 23.0 Å². The topological polar surface area (TPSA) is 59.0 Å². The fourth-order valence-electron chi connectivity index (χ4n) is 4.57. The number of nitrogens with zero attached hydrogens (tertiary/aromatic N) is 2. The molecule has 5 nitrogen and oxygen atoms in total. The molecule has 30 heavy (non-hydrogen) atoms. The number of ether oxygens (including phenoxy) is 1. The standard InChI is InChI=1S/C23H18Cl2N2O3/c24-17-6-5-16(19(25)10-17)12-30-18-7-1-13(2-8-18)11-26-27-22(28)20-14-3-4-15(9-14)21(20)23(27)29/h1-8,10-11,14-15,20-21H,9,12H2. The molecule has 1 heterocycles. The van der Waals surface area contributed by atoms with Crippen molar-refractivity contribution >= 4 is 41.2 Å². The summed E-state index contributed by atoms with van der Waals surface area (Å²) in [6.45, 7) is 0.319. The third-order valence-electron chi connectivity index (χ3n) is 6.06. The number of carbonyl (C=O) groups is 2. The predicted molar refractivity (Wildman–Crippen MR) is 114 cm³/mol. The number of halogens is 2. The number of rotatable bonds is 5. The Labute approximate surface area is 183 Å². The van der Waals surface area contributed by atoms with Crippen molar-refractivity contribution in [2.24, 2.45) is 28.8 Å². The average Bonchev–Trinajstić information content (AvgIpc) is 3.41. The maximum absolute atomic E-state index is 12.6. The number of carbonyl (C=O) groups excluding carboxylic acids is 2. The lowest BCUT2D eigenvalue weighted by Gasteiger charge is -2.13. The quantitative estimate of drug-likeness (QED) is 0.384. The van der Waals surface area contributed by atoms with E-state index < -0.39 is 0 Å². The molecule has 1 saturated heterocycles. The number of amides is 2. The minimum Gasteiger partial charge on any atom is -0.489 e. The van der Waals surface area contributed by atoms with Crippen LogP contribution in [0.25, 0.3) is 0 Å². The second-order valence-corrected chi connectivity index (χ2v) is 8.67. The molecule has 2 amide bonds. The highest BCUT2D eigenvalue weighted by Gasteiger charge is 2.59. The Morgan fingerprint density at radius 2 is 1.67 bits per heavy atom. The maximum atomic E-state index is 12.6. The normalized spacial score (nSPS) is 26.8. The van der Waals surface area contributed by atoms with Gasteiger partial charge in [0.2, 0.25) is 0 Å². The highest BCUT2D eigenvalue weighted by Crippen LogP contribution is 2.52. The van der Waals surface area contributed by atoms with E-state index in [1.165, 1.54) is 6.21 Å². The van der Waals surface area contributed by atoms with Crippen LogP contribution in [0.4, 0.5) is 0 Å². The third-order valence-corrected chi connectivity index (χ3v) is 6.65. The Morgan fingerprint density at radius 1 is 1.00 bits per heavy atom. The van der Waals surface area contributed by atoms with E-state index in [2.05, 4.69) is 17.3 Å². The van der Waals surface area contributed by atoms with Crippen molar-refractivity contribution < 1.29 is 14.3 Å². The summed E-state index contributed by atoms with van der Waals surface area (Å²) in [7, 11) is 0. The van der Waals surface area contributed by atoms with Gasteiger partial charge in [-0.05, 0) is 60.2 Å². The highest BCUT2D eigenvalue weighted by atomic mass is 35.5. The van der Waals surface area contributed by atoms with Crippen molar-refractivity contribution in [3.05, 3.63) is 75.8 Å². The molecule has 2 aliphatic carbocycles. The van der Waals surface area contributed by atoms with E-state index in [1.807, 2.05) is 18.2 Å². The van der Waals surface area contributed by atoms with Gasteiger partial charge in [-0.2, -0.15) is 10.1 Å². The summed E-state index contributed by atoms with van der Waals surface area (Å²) in [5, 5.41) is 6.37. The summed E-state index contributed by atoms with van der Waals surface area (Å²) < 4.78 is 5.76. The van der Waals surface area contributed by atoms with Gasteiger partial charge in [-0.1, -0.05) is 41.4 Å². The molecule has 2 bridgehead atoms. The van der Waals surface area contributed by atoms with Crippen LogP contribution in [0.5, 0.6) is 5.75 Å². The summed E-state index contributed by atoms with van der Waals surface area (Å²) >= 11 is 12.1. The smallest absolute Gasteiger partial charge is 0.254 e. The van der Waals surface area contributed by atoms with E-state index in [4.69, 9.17) is 27.9 Å². The number of allylic oxidation sites excluding steroid dienone is 2. The third kappa shape index (κ3) is 3.32. The predicted octanol–water partition coefficient (Wildman–Crippen LogP) is 4.71. The van der Waals surface area contributed by atoms with Crippen molar-refractivity contribution in [3.63, 3.8) is 0 Å². The molecular formula is C23H18Cl2N2O3. The average molecular weight is 441 g/mol. The number of imide groups is 1. The zero-order valence-electron chi connectivity index (χ0n) is 15.9. The molecule has 3 aliphatic rings. The van der Waals surface area contributed by atoms with E-state index in [9.17, 15) is 9.59 Å². The Morgan fingerprint density at radius 3 is 2.30 bits per heavy atom. The molecule has 0 spiro atoms. The second kappa shape index (κ2) is 7.56. The van der Waals surface area contributed by atoms with Crippen LogP contribution in [-0.2, 0) is 16.2 Å². The lowest BCUT2D eigenvalue weighted by Crippen LogP contribution is -2.28. The highest BCUT2D eigenvalue weighted by molar-refractivity contribution is 6.35. The number of hydrazone groups is 1. The van der Waals surface area contributed by atoms with Crippen molar-refractivity contribution in [3.8, 4) is 5.75 Å². The van der Waals surface area contributed by atoms with Crippen LogP contribution in [0.2, 0.25) is 10.0 Å². The molecular weight excluding hydrogens is 423 g/mol. The molecule has 5 rings (SSSR count). The Bertz CT molecular complexity index is 1050. The van der Waals surface area contributed by atoms with Gasteiger partial charge < -0.3 is 4.74 Å². The molecule has 0 N–H and O–H groups in total. The van der Waals surface area contributed by atoms with Crippen LogP contribution in [0.1, 0.15) is 17.5 Å². The monoisotopic (exact) mass is 440 g/mol. The largest absolute Gasteiger partial charge is 0.489 e. The minimum absolute atomic E-state index is 0.183. The first kappa shape index (κ1) is 19.3. The van der Waals surface area contributed by atoms with Gasteiger partial charge in [0.1, 0.15) is 12.4 Å². The summed E-state index contributed by atoms with van der Waals surface area (Å²) in [5.74, 6) is 0.198. The van der Waals surface area contributed by atoms with E-state index in [0.29, 0.717) is 22.4 Å². The Kier molecular flexibility index (Phi) is 4.88. The molecule has 0 radical (unpaired) electrons. The van der Waals surface area contributed by atoms with E-state index in [0.717, 1.165) is 22.6 Å². The maximum Gasteiger partial charge on any atom is 0.254 e. The van der Waals surface area contributed by atoms with E-state index >= 15 is 0 Å². The summed E-state index contributed by atoms with van der Waals surface area (Å²) in [5.41, 5.74) is 1.61. The van der Waals surface area contributed by atoms with Crippen molar-refractivity contribution in [1.29, 1.82) is 0 Å². The van der Waals surface area contributed by atoms with E-state index in [1.54, 1.807) is 24.3 Å². The fraction of sp³-hybridized carbons (Fsp3) is 0.261. The van der Waals surface area contributed by atoms with Crippen LogP contribution in [0.3, 0.4) is 0 Å². The molecule has 1 aliphatic heterocycles. The molecule has 152 valence electrons. The molecule has 0 aromatic heterocycles. The first-order valence-corrected chi connectivity index (χ1v) is 10.5. The molecule has 7 heteroatoms. The molecule has 2 aromatic carbocycles. The molecule has 2 fully saturated rings. The van der Waals surface area contributed by atoms with Gasteiger partial charge in [-0.3, -0.25) is 9.59 Å². The number of hydrogen-bond donors (Lipinski definition) is 0. The SMILES string of the molecule is O=C1C2C3C=CC(C3)C2C(=O)N1N=Cc1ccc(OCc2ccc(Cl)cc2Cl)cc1. The van der Waals surface area contributed by atoms with Gasteiger partial charge in [0.05, 0.1) is 18.1 Å². The second-order valence-electron chi connectivity index (χ2n) is 7.83. The van der Waals surface area contributed by atoms with Crippen molar-refractivity contribution in [2.75, 3.05) is 0 Å². The summed E-state index contributed by atoms with van der Waals surface area (Å²) in [6, 6.07) is 12.5. The van der Waals surface area contributed by atoms with Crippen molar-refractivity contribution in [1.82, 2.24) is 5.01 Å². The summed E-state index contributed by atoms with van der Waals surface area (Å²) in [6.07, 6.45) is 6.58. The van der Waals surface area contributed by atoms with Gasteiger partial charge in [0.25, 0.3) is 11.8 Å². The van der Waals surface area contributed by atoms with Crippen molar-refractivity contribution in [2.45, 2.75) is 13.0 Å². The van der Waals surface area contributed by atoms with Crippen LogP contribution < -0.4 is 4.74 Å². The summed E-state index contributed by atoms with van der Waals surface area (Å²) in [4.78, 5) is 25.3. The van der Waals surface area contributed by atoms with Crippen LogP contribution in [0.15, 0.2) is 59.7 Å². The van der Waals surface area contributed by atoms with Gasteiger partial charge in [0.15, 0.2) is 0 Å². The van der Waals surface area contributed by atoms with Crippen LogP contribution >= 0.6 is 23.2 Å². The van der Waals surface area contributed by atoms with Crippen LogP contribution in [0, 0.1) is 23.7 Å². The molecule has 4 unspecified atom stereocenters.